The van der Waals surface area contributed by atoms with E-state index in [2.05, 4.69) is 54.1 Å². The highest BCUT2D eigenvalue weighted by Crippen LogP contribution is 2.36. The molecule has 4 nitrogen and oxygen atoms in total. The number of anilines is 2. The molecule has 1 aliphatic rings. The molecule has 2 N–H and O–H groups in total. The number of nitriles is 1. The predicted molar refractivity (Wildman–Crippen MR) is 104 cm³/mol. The topological polar surface area (TPSA) is 65.9 Å². The Bertz CT molecular complexity index is 783. The summed E-state index contributed by atoms with van der Waals surface area (Å²) in [5, 5.41) is 9.67. The van der Waals surface area contributed by atoms with Crippen LogP contribution in [-0.2, 0) is 12.8 Å². The summed E-state index contributed by atoms with van der Waals surface area (Å²) in [4.78, 5) is 6.87. The quantitative estimate of drug-likeness (QED) is 0.846. The van der Waals surface area contributed by atoms with E-state index in [-0.39, 0.29) is 0 Å². The van der Waals surface area contributed by atoms with Crippen LogP contribution in [0.15, 0.2) is 24.3 Å². The monoisotopic (exact) mass is 334 g/mol. The third-order valence-corrected chi connectivity index (χ3v) is 5.15. The molecule has 0 spiro atoms. The lowest BCUT2D eigenvalue weighted by atomic mass is 9.91. The summed E-state index contributed by atoms with van der Waals surface area (Å²) in [6.45, 7) is 6.29. The molecule has 0 saturated heterocycles. The first-order valence-corrected chi connectivity index (χ1v) is 9.26. The lowest BCUT2D eigenvalue weighted by molar-refractivity contribution is 0.709. The van der Waals surface area contributed by atoms with Crippen LogP contribution < -0.4 is 10.6 Å². The molecule has 0 aliphatic heterocycles. The third-order valence-electron chi connectivity index (χ3n) is 5.15. The number of hydrogen-bond acceptors (Lipinski definition) is 4. The first-order chi connectivity index (χ1) is 12.2. The van der Waals surface area contributed by atoms with Crippen molar-refractivity contribution >= 4 is 11.5 Å². The van der Waals surface area contributed by atoms with Crippen LogP contribution in [0.3, 0.4) is 0 Å². The molecule has 0 bridgehead atoms. The number of pyridine rings is 1. The number of aryl methyl sites for hydroxylation is 1. The van der Waals surface area contributed by atoms with Crippen molar-refractivity contribution in [1.29, 1.82) is 5.26 Å². The van der Waals surface area contributed by atoms with Gasteiger partial charge in [-0.3, -0.25) is 0 Å². The molecular formula is C21H26N4. The van der Waals surface area contributed by atoms with Gasteiger partial charge in [-0.15, -0.1) is 0 Å². The van der Waals surface area contributed by atoms with Crippen LogP contribution in [0.2, 0.25) is 0 Å². The molecule has 4 heteroatoms. The molecule has 0 atom stereocenters. The molecule has 1 heterocycles. The maximum Gasteiger partial charge on any atom is 0.142 e. The van der Waals surface area contributed by atoms with E-state index in [9.17, 15) is 5.26 Å². The van der Waals surface area contributed by atoms with E-state index in [4.69, 9.17) is 5.73 Å². The largest absolute Gasteiger partial charge is 0.383 e. The summed E-state index contributed by atoms with van der Waals surface area (Å²) < 4.78 is 0. The first kappa shape index (κ1) is 17.3. The molecule has 0 radical (unpaired) electrons. The second-order valence-corrected chi connectivity index (χ2v) is 6.56. The van der Waals surface area contributed by atoms with Gasteiger partial charge in [-0.2, -0.15) is 5.26 Å². The number of rotatable bonds is 4. The second kappa shape index (κ2) is 7.57. The van der Waals surface area contributed by atoms with E-state index in [1.54, 1.807) is 0 Å². The van der Waals surface area contributed by atoms with Crippen LogP contribution in [0.1, 0.15) is 49.9 Å². The smallest absolute Gasteiger partial charge is 0.142 e. The Balaban J connectivity index is 2.13. The Morgan fingerprint density at radius 1 is 1.08 bits per heavy atom. The SMILES string of the molecule is CCN(CC)c1ccc(-c2c(C#N)c(N)nc3c2CCCCC3)cc1. The van der Waals surface area contributed by atoms with Gasteiger partial charge >= 0.3 is 0 Å². The molecule has 3 rings (SSSR count). The van der Waals surface area contributed by atoms with Gasteiger partial charge in [-0.1, -0.05) is 18.6 Å². The minimum atomic E-state index is 0.367. The molecule has 130 valence electrons. The molecule has 1 aliphatic carbocycles. The molecule has 0 saturated carbocycles. The average molecular weight is 334 g/mol. The molecule has 2 aromatic rings. The lowest BCUT2D eigenvalue weighted by Crippen LogP contribution is -2.21. The Labute approximate surface area is 150 Å². The molecule has 25 heavy (non-hydrogen) atoms. The summed E-state index contributed by atoms with van der Waals surface area (Å²) in [6.07, 6.45) is 5.43. The predicted octanol–water partition coefficient (Wildman–Crippen LogP) is 4.32. The molecule has 1 aromatic heterocycles. The van der Waals surface area contributed by atoms with Gasteiger partial charge in [-0.05, 0) is 62.8 Å². The van der Waals surface area contributed by atoms with E-state index in [0.717, 1.165) is 55.6 Å². The average Bonchev–Trinajstić information content (AvgIpc) is 2.87. The van der Waals surface area contributed by atoms with Gasteiger partial charge in [-0.25, -0.2) is 4.98 Å². The van der Waals surface area contributed by atoms with Gasteiger partial charge in [0, 0.05) is 30.0 Å². The number of nitrogens with two attached hydrogens (primary N) is 1. The summed E-state index contributed by atoms with van der Waals surface area (Å²) in [5.74, 6) is 0.367. The Hall–Kier alpha value is -2.54. The van der Waals surface area contributed by atoms with Gasteiger partial charge in [0.05, 0.1) is 0 Å². The normalized spacial score (nSPS) is 13.6. The van der Waals surface area contributed by atoms with Crippen LogP contribution >= 0.6 is 0 Å². The number of nitrogens with zero attached hydrogens (tertiary/aromatic N) is 3. The number of benzene rings is 1. The number of fused-ring (bicyclic) bond motifs is 1. The van der Waals surface area contributed by atoms with Crippen molar-refractivity contribution in [3.05, 3.63) is 41.1 Å². The van der Waals surface area contributed by atoms with E-state index in [0.29, 0.717) is 11.4 Å². The minimum absolute atomic E-state index is 0.367. The van der Waals surface area contributed by atoms with Crippen LogP contribution in [-0.4, -0.2) is 18.1 Å². The maximum absolute atomic E-state index is 9.67. The summed E-state index contributed by atoms with van der Waals surface area (Å²) in [7, 11) is 0. The third kappa shape index (κ3) is 3.32. The summed E-state index contributed by atoms with van der Waals surface area (Å²) in [6, 6.07) is 10.8. The molecular weight excluding hydrogens is 308 g/mol. The van der Waals surface area contributed by atoms with Crippen molar-refractivity contribution in [2.24, 2.45) is 0 Å². The van der Waals surface area contributed by atoms with Gasteiger partial charge in [0.15, 0.2) is 0 Å². The van der Waals surface area contributed by atoms with Gasteiger partial charge in [0.25, 0.3) is 0 Å². The Morgan fingerprint density at radius 2 is 1.76 bits per heavy atom. The Morgan fingerprint density at radius 3 is 2.40 bits per heavy atom. The van der Waals surface area contributed by atoms with Crippen LogP contribution in [0, 0.1) is 11.3 Å². The summed E-state index contributed by atoms with van der Waals surface area (Å²) in [5.41, 5.74) is 12.2. The second-order valence-electron chi connectivity index (χ2n) is 6.56. The van der Waals surface area contributed by atoms with Crippen molar-refractivity contribution < 1.29 is 0 Å². The maximum atomic E-state index is 9.67. The number of nitrogen functional groups attached to an aromatic ring is 1. The highest BCUT2D eigenvalue weighted by molar-refractivity contribution is 5.80. The van der Waals surface area contributed by atoms with E-state index < -0.39 is 0 Å². The van der Waals surface area contributed by atoms with Gasteiger partial charge in [0.2, 0.25) is 0 Å². The van der Waals surface area contributed by atoms with Crippen molar-refractivity contribution in [2.45, 2.75) is 46.0 Å². The van der Waals surface area contributed by atoms with Gasteiger partial charge in [0.1, 0.15) is 17.5 Å². The fourth-order valence-electron chi connectivity index (χ4n) is 3.80. The fraction of sp³-hybridized carbons (Fsp3) is 0.429. The van der Waals surface area contributed by atoms with E-state index >= 15 is 0 Å². The minimum Gasteiger partial charge on any atom is -0.383 e. The zero-order valence-corrected chi connectivity index (χ0v) is 15.2. The number of hydrogen-bond donors (Lipinski definition) is 1. The van der Waals surface area contributed by atoms with Crippen molar-refractivity contribution in [3.63, 3.8) is 0 Å². The summed E-state index contributed by atoms with van der Waals surface area (Å²) >= 11 is 0. The molecule has 1 aromatic carbocycles. The fourth-order valence-corrected chi connectivity index (χ4v) is 3.80. The first-order valence-electron chi connectivity index (χ1n) is 9.26. The molecule has 0 unspecified atom stereocenters. The van der Waals surface area contributed by atoms with Crippen molar-refractivity contribution in [1.82, 2.24) is 4.98 Å². The Kier molecular flexibility index (Phi) is 5.23. The van der Waals surface area contributed by atoms with Crippen LogP contribution in [0.5, 0.6) is 0 Å². The standard InChI is InChI=1S/C21H26N4/c1-3-25(4-2)16-12-10-15(11-13-16)20-17-8-6-5-7-9-19(17)24-21(23)18(20)14-22/h10-13H,3-9H2,1-2H3,(H2,23,24). The van der Waals surface area contributed by atoms with Crippen LogP contribution in [0.4, 0.5) is 11.5 Å². The molecule has 0 fully saturated rings. The molecule has 0 amide bonds. The van der Waals surface area contributed by atoms with E-state index in [1.165, 1.54) is 17.7 Å². The zero-order valence-electron chi connectivity index (χ0n) is 15.2. The highest BCUT2D eigenvalue weighted by atomic mass is 15.1. The zero-order chi connectivity index (χ0) is 17.8. The highest BCUT2D eigenvalue weighted by Gasteiger charge is 2.21. The lowest BCUT2D eigenvalue weighted by Gasteiger charge is -2.22. The van der Waals surface area contributed by atoms with Crippen molar-refractivity contribution in [2.75, 3.05) is 23.7 Å². The van der Waals surface area contributed by atoms with Crippen molar-refractivity contribution in [3.8, 4) is 17.2 Å². The number of aromatic nitrogens is 1. The van der Waals surface area contributed by atoms with Gasteiger partial charge < -0.3 is 10.6 Å². The van der Waals surface area contributed by atoms with E-state index in [1.807, 2.05) is 0 Å². The van der Waals surface area contributed by atoms with Crippen LogP contribution in [0.25, 0.3) is 11.1 Å².